The molecule has 2 aromatic carbocycles. The molecule has 2 aromatic heterocycles. The van der Waals surface area contributed by atoms with E-state index in [4.69, 9.17) is 12.2 Å². The lowest BCUT2D eigenvalue weighted by atomic mass is 10.1. The summed E-state index contributed by atoms with van der Waals surface area (Å²) in [5, 5.41) is 2.92. The highest BCUT2D eigenvalue weighted by Gasteiger charge is 2.13. The molecular weight excluding hydrogens is 332 g/mol. The van der Waals surface area contributed by atoms with E-state index in [-0.39, 0.29) is 5.91 Å². The third-order valence-corrected chi connectivity index (χ3v) is 4.22. The number of hydrogen-bond acceptors (Lipinski definition) is 3. The lowest BCUT2D eigenvalue weighted by molar-refractivity contribution is 0.102. The Morgan fingerprint density at radius 3 is 2.64 bits per heavy atom. The van der Waals surface area contributed by atoms with Crippen molar-refractivity contribution in [2.24, 2.45) is 0 Å². The predicted octanol–water partition coefficient (Wildman–Crippen LogP) is 4.54. The number of amides is 1. The van der Waals surface area contributed by atoms with E-state index in [1.54, 1.807) is 18.3 Å². The van der Waals surface area contributed by atoms with Crippen molar-refractivity contribution in [3.05, 3.63) is 77.1 Å². The van der Waals surface area contributed by atoms with Gasteiger partial charge >= 0.3 is 0 Å². The number of rotatable bonds is 3. The number of carbonyl (C=O) groups excluding carboxylic acids is 1. The van der Waals surface area contributed by atoms with Gasteiger partial charge in [-0.25, -0.2) is 4.98 Å². The number of pyridine rings is 1. The molecule has 0 saturated heterocycles. The number of para-hydroxylation sites is 3. The third-order valence-electron chi connectivity index (χ3n) is 3.88. The quantitative estimate of drug-likeness (QED) is 0.477. The van der Waals surface area contributed by atoms with Gasteiger partial charge in [0.15, 0.2) is 0 Å². The van der Waals surface area contributed by atoms with Gasteiger partial charge in [0.25, 0.3) is 5.91 Å². The summed E-state index contributed by atoms with van der Waals surface area (Å²) in [6, 6.07) is 18.8. The maximum absolute atomic E-state index is 12.6. The summed E-state index contributed by atoms with van der Waals surface area (Å²) in [4.78, 5) is 23.3. The van der Waals surface area contributed by atoms with Crippen LogP contribution >= 0.6 is 12.2 Å². The first-order valence-corrected chi connectivity index (χ1v) is 8.16. The normalized spacial score (nSPS) is 10.7. The molecule has 6 heteroatoms. The Morgan fingerprint density at radius 1 is 1.00 bits per heavy atom. The number of hydrogen-bond donors (Lipinski definition) is 3. The molecule has 3 N–H and O–H groups in total. The minimum absolute atomic E-state index is 0.259. The Bertz CT molecular complexity index is 1100. The van der Waals surface area contributed by atoms with Crippen LogP contribution in [0.25, 0.3) is 22.4 Å². The number of nitrogens with one attached hydrogen (secondary N) is 3. The number of aromatic amines is 2. The van der Waals surface area contributed by atoms with Gasteiger partial charge in [-0.05, 0) is 36.4 Å². The molecule has 122 valence electrons. The first kappa shape index (κ1) is 15.3. The van der Waals surface area contributed by atoms with E-state index >= 15 is 0 Å². The maximum atomic E-state index is 12.6. The SMILES string of the molecule is O=C(Nc1ccccc1-c1nc2ccccc2[nH]1)c1ccc[nH]c1=S. The Hall–Kier alpha value is -3.25. The number of H-pyrrole nitrogens is 2. The van der Waals surface area contributed by atoms with Crippen LogP contribution in [0.15, 0.2) is 66.9 Å². The number of anilines is 1. The highest BCUT2D eigenvalue weighted by Crippen LogP contribution is 2.27. The van der Waals surface area contributed by atoms with Gasteiger partial charge in [-0.15, -0.1) is 0 Å². The second-order valence-corrected chi connectivity index (χ2v) is 5.92. The van der Waals surface area contributed by atoms with Crippen molar-refractivity contribution < 1.29 is 4.79 Å². The van der Waals surface area contributed by atoms with E-state index in [2.05, 4.69) is 20.3 Å². The molecule has 0 radical (unpaired) electrons. The molecule has 0 aliphatic heterocycles. The highest BCUT2D eigenvalue weighted by molar-refractivity contribution is 7.71. The predicted molar refractivity (Wildman–Crippen MR) is 101 cm³/mol. The van der Waals surface area contributed by atoms with Crippen LogP contribution in [-0.2, 0) is 0 Å². The van der Waals surface area contributed by atoms with Crippen LogP contribution < -0.4 is 5.32 Å². The molecule has 4 rings (SSSR count). The summed E-state index contributed by atoms with van der Waals surface area (Å²) in [7, 11) is 0. The summed E-state index contributed by atoms with van der Waals surface area (Å²) >= 11 is 5.18. The van der Waals surface area contributed by atoms with Crippen molar-refractivity contribution in [3.8, 4) is 11.4 Å². The van der Waals surface area contributed by atoms with Gasteiger partial charge in [-0.2, -0.15) is 0 Å². The van der Waals surface area contributed by atoms with E-state index in [9.17, 15) is 4.79 Å². The number of nitrogens with zero attached hydrogens (tertiary/aromatic N) is 1. The zero-order valence-electron chi connectivity index (χ0n) is 13.1. The van der Waals surface area contributed by atoms with Crippen LogP contribution in [0, 0.1) is 4.64 Å². The van der Waals surface area contributed by atoms with Crippen LogP contribution in [0.1, 0.15) is 10.4 Å². The molecule has 0 saturated carbocycles. The molecule has 0 fully saturated rings. The summed E-state index contributed by atoms with van der Waals surface area (Å²) in [5.41, 5.74) is 3.74. The van der Waals surface area contributed by atoms with Crippen molar-refractivity contribution in [3.63, 3.8) is 0 Å². The van der Waals surface area contributed by atoms with Gasteiger partial charge in [-0.3, -0.25) is 4.79 Å². The largest absolute Gasteiger partial charge is 0.352 e. The van der Waals surface area contributed by atoms with Crippen LogP contribution in [0.5, 0.6) is 0 Å². The molecule has 25 heavy (non-hydrogen) atoms. The molecular formula is C19H14N4OS. The lowest BCUT2D eigenvalue weighted by Gasteiger charge is -2.09. The Kier molecular flexibility index (Phi) is 3.87. The monoisotopic (exact) mass is 346 g/mol. The van der Waals surface area contributed by atoms with Crippen LogP contribution in [0.3, 0.4) is 0 Å². The van der Waals surface area contributed by atoms with E-state index in [0.29, 0.717) is 21.7 Å². The number of fused-ring (bicyclic) bond motifs is 1. The summed E-state index contributed by atoms with van der Waals surface area (Å²) in [6.07, 6.45) is 1.70. The van der Waals surface area contributed by atoms with E-state index < -0.39 is 0 Å². The number of benzene rings is 2. The van der Waals surface area contributed by atoms with Gasteiger partial charge in [0.05, 0.1) is 22.3 Å². The van der Waals surface area contributed by atoms with Crippen LogP contribution in [0.2, 0.25) is 0 Å². The van der Waals surface area contributed by atoms with Crippen molar-refractivity contribution >= 4 is 34.8 Å². The van der Waals surface area contributed by atoms with Crippen molar-refractivity contribution in [1.29, 1.82) is 0 Å². The second-order valence-electron chi connectivity index (χ2n) is 5.52. The molecule has 0 spiro atoms. The number of carbonyl (C=O) groups is 1. The minimum atomic E-state index is -0.259. The lowest BCUT2D eigenvalue weighted by Crippen LogP contribution is -2.13. The number of aromatic nitrogens is 3. The average molecular weight is 346 g/mol. The zero-order valence-corrected chi connectivity index (χ0v) is 13.9. The van der Waals surface area contributed by atoms with Gasteiger partial charge in [0, 0.05) is 11.8 Å². The van der Waals surface area contributed by atoms with Crippen molar-refractivity contribution in [2.75, 3.05) is 5.32 Å². The Balaban J connectivity index is 1.73. The molecule has 0 unspecified atom stereocenters. The standard InChI is InChI=1S/C19H14N4OS/c24-18(13-7-5-11-20-19(13)25)23-14-8-2-1-6-12(14)17-21-15-9-3-4-10-16(15)22-17/h1-11H,(H,20,25)(H,21,22)(H,23,24). The summed E-state index contributed by atoms with van der Waals surface area (Å²) in [6.45, 7) is 0. The van der Waals surface area contributed by atoms with E-state index in [1.165, 1.54) is 0 Å². The smallest absolute Gasteiger partial charge is 0.258 e. The maximum Gasteiger partial charge on any atom is 0.258 e. The molecule has 5 nitrogen and oxygen atoms in total. The first-order valence-electron chi connectivity index (χ1n) is 7.75. The van der Waals surface area contributed by atoms with Crippen LogP contribution in [-0.4, -0.2) is 20.9 Å². The van der Waals surface area contributed by atoms with Gasteiger partial charge < -0.3 is 15.3 Å². The first-order chi connectivity index (χ1) is 12.2. The molecule has 0 bridgehead atoms. The molecule has 0 atom stereocenters. The van der Waals surface area contributed by atoms with Crippen molar-refractivity contribution in [2.45, 2.75) is 0 Å². The van der Waals surface area contributed by atoms with E-state index in [0.717, 1.165) is 16.6 Å². The fourth-order valence-corrected chi connectivity index (χ4v) is 2.90. The number of imidazole rings is 1. The second kappa shape index (κ2) is 6.33. The van der Waals surface area contributed by atoms with Crippen molar-refractivity contribution in [1.82, 2.24) is 15.0 Å². The third kappa shape index (κ3) is 2.95. The molecule has 0 aliphatic carbocycles. The Morgan fingerprint density at radius 2 is 1.80 bits per heavy atom. The minimum Gasteiger partial charge on any atom is -0.352 e. The summed E-state index contributed by atoms with van der Waals surface area (Å²) < 4.78 is 0.404. The topological polar surface area (TPSA) is 73.6 Å². The van der Waals surface area contributed by atoms with Gasteiger partial charge in [-0.1, -0.05) is 36.5 Å². The molecule has 2 heterocycles. The highest BCUT2D eigenvalue weighted by atomic mass is 32.1. The Labute approximate surface area is 148 Å². The fourth-order valence-electron chi connectivity index (χ4n) is 2.67. The van der Waals surface area contributed by atoms with Crippen LogP contribution in [0.4, 0.5) is 5.69 Å². The van der Waals surface area contributed by atoms with E-state index in [1.807, 2.05) is 48.5 Å². The van der Waals surface area contributed by atoms with Gasteiger partial charge in [0.2, 0.25) is 0 Å². The fraction of sp³-hybridized carbons (Fsp3) is 0. The zero-order chi connectivity index (χ0) is 17.2. The summed E-state index contributed by atoms with van der Waals surface area (Å²) in [5.74, 6) is 0.445. The average Bonchev–Trinajstić information content (AvgIpc) is 3.06. The molecule has 4 aromatic rings. The molecule has 1 amide bonds. The van der Waals surface area contributed by atoms with Gasteiger partial charge in [0.1, 0.15) is 10.5 Å². The molecule has 0 aliphatic rings.